The molecule has 0 unspecified atom stereocenters. The van der Waals surface area contributed by atoms with Crippen LogP contribution in [0.1, 0.15) is 42.8 Å². The molecule has 2 N–H and O–H groups in total. The van der Waals surface area contributed by atoms with Crippen LogP contribution in [0.2, 0.25) is 0 Å². The Kier molecular flexibility index (Phi) is 8.92. The highest BCUT2D eigenvalue weighted by Gasteiger charge is 2.34. The lowest BCUT2D eigenvalue weighted by molar-refractivity contribution is -0.133. The summed E-state index contributed by atoms with van der Waals surface area (Å²) < 4.78 is 4.98. The Morgan fingerprint density at radius 2 is 2.00 bits per heavy atom. The maximum absolute atomic E-state index is 12.7. The molecule has 7 nitrogen and oxygen atoms in total. The average molecular weight is 410 g/mol. The zero-order valence-electron chi connectivity index (χ0n) is 16.9. The predicted molar refractivity (Wildman–Crippen MR) is 109 cm³/mol. The van der Waals surface area contributed by atoms with Gasteiger partial charge < -0.3 is 20.3 Å². The molecule has 0 aliphatic carbocycles. The average Bonchev–Trinajstić information content (AvgIpc) is 3.20. The molecule has 1 aromatic rings. The molecule has 0 saturated carbocycles. The first kappa shape index (κ1) is 22.4. The Bertz CT molecular complexity index is 640. The van der Waals surface area contributed by atoms with Gasteiger partial charge in [-0.3, -0.25) is 14.4 Å². The van der Waals surface area contributed by atoms with Gasteiger partial charge in [-0.15, -0.1) is 11.3 Å². The van der Waals surface area contributed by atoms with Crippen molar-refractivity contribution in [2.45, 2.75) is 39.2 Å². The molecule has 0 spiro atoms. The number of ether oxygens (including phenoxy) is 1. The van der Waals surface area contributed by atoms with Gasteiger partial charge in [0.05, 0.1) is 11.5 Å². The summed E-state index contributed by atoms with van der Waals surface area (Å²) in [6, 6.07) is 2.94. The fourth-order valence-electron chi connectivity index (χ4n) is 3.36. The number of rotatable bonds is 9. The summed E-state index contributed by atoms with van der Waals surface area (Å²) in [6.07, 6.45) is 1.93. The molecular formula is C20H31N3O4S. The van der Waals surface area contributed by atoms with Crippen LogP contribution in [-0.4, -0.2) is 62.0 Å². The SMILES string of the molecule is COCCNC(=O)[C@@H](NC(=O)c1cccs1)C1CCN(C(=O)CC(C)C)CC1. The number of hydrogen-bond acceptors (Lipinski definition) is 5. The predicted octanol–water partition coefficient (Wildman–Crippen LogP) is 1.89. The summed E-state index contributed by atoms with van der Waals surface area (Å²) in [4.78, 5) is 40.0. The van der Waals surface area contributed by atoms with E-state index in [1.165, 1.54) is 11.3 Å². The van der Waals surface area contributed by atoms with Gasteiger partial charge in [-0.05, 0) is 36.1 Å². The van der Waals surface area contributed by atoms with E-state index in [1.807, 2.05) is 30.2 Å². The van der Waals surface area contributed by atoms with E-state index in [0.29, 0.717) is 56.3 Å². The normalized spacial score (nSPS) is 16.1. The van der Waals surface area contributed by atoms with Crippen molar-refractivity contribution in [3.05, 3.63) is 22.4 Å². The van der Waals surface area contributed by atoms with Crippen LogP contribution in [0, 0.1) is 11.8 Å². The van der Waals surface area contributed by atoms with Crippen molar-refractivity contribution in [3.63, 3.8) is 0 Å². The highest BCUT2D eigenvalue weighted by Crippen LogP contribution is 2.23. The lowest BCUT2D eigenvalue weighted by Crippen LogP contribution is -2.54. The van der Waals surface area contributed by atoms with E-state index in [-0.39, 0.29) is 23.6 Å². The highest BCUT2D eigenvalue weighted by atomic mass is 32.1. The number of piperidine rings is 1. The number of carbonyl (C=O) groups excluding carboxylic acids is 3. The van der Waals surface area contributed by atoms with E-state index in [9.17, 15) is 14.4 Å². The molecule has 1 atom stereocenters. The minimum absolute atomic E-state index is 0.00504. The second-order valence-electron chi connectivity index (χ2n) is 7.53. The van der Waals surface area contributed by atoms with Crippen LogP contribution in [0.5, 0.6) is 0 Å². The minimum Gasteiger partial charge on any atom is -0.383 e. The molecule has 0 aromatic carbocycles. The summed E-state index contributed by atoms with van der Waals surface area (Å²) >= 11 is 1.35. The molecule has 1 saturated heterocycles. The second-order valence-corrected chi connectivity index (χ2v) is 8.48. The third-order valence-electron chi connectivity index (χ3n) is 4.87. The van der Waals surface area contributed by atoms with Gasteiger partial charge >= 0.3 is 0 Å². The van der Waals surface area contributed by atoms with E-state index in [4.69, 9.17) is 4.74 Å². The summed E-state index contributed by atoms with van der Waals surface area (Å²) in [6.45, 7) is 6.11. The molecule has 1 aliphatic heterocycles. The molecule has 0 radical (unpaired) electrons. The molecular weight excluding hydrogens is 378 g/mol. The topological polar surface area (TPSA) is 87.7 Å². The van der Waals surface area contributed by atoms with Crippen molar-refractivity contribution < 1.29 is 19.1 Å². The van der Waals surface area contributed by atoms with Gasteiger partial charge in [0, 0.05) is 33.2 Å². The molecule has 3 amide bonds. The largest absolute Gasteiger partial charge is 0.383 e. The number of hydrogen-bond donors (Lipinski definition) is 2. The van der Waals surface area contributed by atoms with Crippen molar-refractivity contribution in [1.82, 2.24) is 15.5 Å². The zero-order valence-corrected chi connectivity index (χ0v) is 17.7. The number of likely N-dealkylation sites (tertiary alicyclic amines) is 1. The molecule has 8 heteroatoms. The summed E-state index contributed by atoms with van der Waals surface area (Å²) in [5.74, 6) is 0.0514. The molecule has 156 valence electrons. The molecule has 1 aliphatic rings. The first-order chi connectivity index (χ1) is 13.4. The Hall–Kier alpha value is -1.93. The van der Waals surface area contributed by atoms with Crippen molar-refractivity contribution in [1.29, 1.82) is 0 Å². The van der Waals surface area contributed by atoms with E-state index in [0.717, 1.165) is 0 Å². The summed E-state index contributed by atoms with van der Waals surface area (Å²) in [7, 11) is 1.58. The van der Waals surface area contributed by atoms with Gasteiger partial charge in [0.2, 0.25) is 11.8 Å². The molecule has 2 heterocycles. The first-order valence-corrected chi connectivity index (χ1v) is 10.7. The van der Waals surface area contributed by atoms with Crippen LogP contribution in [-0.2, 0) is 14.3 Å². The van der Waals surface area contributed by atoms with Gasteiger partial charge in [-0.2, -0.15) is 0 Å². The quantitative estimate of drug-likeness (QED) is 0.610. The number of carbonyl (C=O) groups is 3. The lowest BCUT2D eigenvalue weighted by atomic mass is 9.88. The third kappa shape index (κ3) is 6.60. The Morgan fingerprint density at radius 3 is 2.57 bits per heavy atom. The molecule has 28 heavy (non-hydrogen) atoms. The third-order valence-corrected chi connectivity index (χ3v) is 5.73. The van der Waals surface area contributed by atoms with Gasteiger partial charge in [-0.1, -0.05) is 19.9 Å². The molecule has 0 bridgehead atoms. The Morgan fingerprint density at radius 1 is 1.29 bits per heavy atom. The van der Waals surface area contributed by atoms with Gasteiger partial charge in [-0.25, -0.2) is 0 Å². The van der Waals surface area contributed by atoms with Crippen molar-refractivity contribution in [2.75, 3.05) is 33.4 Å². The Labute approximate surface area is 170 Å². The highest BCUT2D eigenvalue weighted by molar-refractivity contribution is 7.12. The van der Waals surface area contributed by atoms with Crippen LogP contribution in [0.25, 0.3) is 0 Å². The molecule has 1 fully saturated rings. The molecule has 2 rings (SSSR count). The monoisotopic (exact) mass is 409 g/mol. The standard InChI is InChI=1S/C20H31N3O4S/c1-14(2)13-17(24)23-9-6-15(7-10-23)18(20(26)21-8-11-27-3)22-19(25)16-5-4-12-28-16/h4-5,12,14-15,18H,6-11,13H2,1-3H3,(H,21,26)(H,22,25)/t18-/m0/s1. The van der Waals surface area contributed by atoms with E-state index in [1.54, 1.807) is 13.2 Å². The maximum atomic E-state index is 12.7. The van der Waals surface area contributed by atoms with Crippen molar-refractivity contribution >= 4 is 29.1 Å². The van der Waals surface area contributed by atoms with Crippen LogP contribution < -0.4 is 10.6 Å². The zero-order chi connectivity index (χ0) is 20.5. The van der Waals surface area contributed by atoms with E-state index in [2.05, 4.69) is 10.6 Å². The van der Waals surface area contributed by atoms with Crippen LogP contribution >= 0.6 is 11.3 Å². The van der Waals surface area contributed by atoms with Gasteiger partial charge in [0.1, 0.15) is 6.04 Å². The second kappa shape index (κ2) is 11.2. The van der Waals surface area contributed by atoms with Crippen LogP contribution in [0.4, 0.5) is 0 Å². The fraction of sp³-hybridized carbons (Fsp3) is 0.650. The van der Waals surface area contributed by atoms with Gasteiger partial charge in [0.15, 0.2) is 0 Å². The number of methoxy groups -OCH3 is 1. The summed E-state index contributed by atoms with van der Waals surface area (Å²) in [5.41, 5.74) is 0. The number of nitrogens with zero attached hydrogens (tertiary/aromatic N) is 1. The number of nitrogens with one attached hydrogen (secondary N) is 2. The van der Waals surface area contributed by atoms with Crippen LogP contribution in [0.15, 0.2) is 17.5 Å². The number of thiophene rings is 1. The number of amides is 3. The lowest BCUT2D eigenvalue weighted by Gasteiger charge is -2.36. The first-order valence-electron chi connectivity index (χ1n) is 9.81. The Balaban J connectivity index is 1.99. The van der Waals surface area contributed by atoms with E-state index >= 15 is 0 Å². The van der Waals surface area contributed by atoms with Crippen LogP contribution in [0.3, 0.4) is 0 Å². The van der Waals surface area contributed by atoms with Crippen molar-refractivity contribution in [2.24, 2.45) is 11.8 Å². The smallest absolute Gasteiger partial charge is 0.262 e. The minimum atomic E-state index is -0.617. The van der Waals surface area contributed by atoms with E-state index < -0.39 is 6.04 Å². The van der Waals surface area contributed by atoms with Gasteiger partial charge in [0.25, 0.3) is 5.91 Å². The fourth-order valence-corrected chi connectivity index (χ4v) is 3.99. The summed E-state index contributed by atoms with van der Waals surface area (Å²) in [5, 5.41) is 7.58. The van der Waals surface area contributed by atoms with Crippen molar-refractivity contribution in [3.8, 4) is 0 Å². The molecule has 1 aromatic heterocycles. The maximum Gasteiger partial charge on any atom is 0.262 e.